The Hall–Kier alpha value is -3.52. The predicted molar refractivity (Wildman–Crippen MR) is 121 cm³/mol. The van der Waals surface area contributed by atoms with Crippen molar-refractivity contribution in [3.8, 4) is 0 Å². The van der Waals surface area contributed by atoms with Crippen LogP contribution >= 0.6 is 11.3 Å². The molecule has 8 heteroatoms. The number of aryl methyl sites for hydroxylation is 1. The first kappa shape index (κ1) is 20.7. The Morgan fingerprint density at radius 2 is 1.81 bits per heavy atom. The maximum atomic E-state index is 13.1. The molecule has 1 amide bonds. The Morgan fingerprint density at radius 3 is 2.55 bits per heavy atom. The molecular formula is C23H22N4O3S. The molecule has 0 fully saturated rings. The highest BCUT2D eigenvalue weighted by atomic mass is 32.1. The van der Waals surface area contributed by atoms with E-state index in [4.69, 9.17) is 0 Å². The summed E-state index contributed by atoms with van der Waals surface area (Å²) in [5.74, 6) is 0.314. The third-order valence-electron chi connectivity index (χ3n) is 5.10. The van der Waals surface area contributed by atoms with Crippen molar-refractivity contribution in [1.29, 1.82) is 0 Å². The van der Waals surface area contributed by atoms with Gasteiger partial charge in [0.2, 0.25) is 5.91 Å². The van der Waals surface area contributed by atoms with Crippen molar-refractivity contribution in [3.05, 3.63) is 97.1 Å². The molecule has 0 saturated carbocycles. The summed E-state index contributed by atoms with van der Waals surface area (Å²) in [7, 11) is 0. The fourth-order valence-corrected chi connectivity index (χ4v) is 4.23. The van der Waals surface area contributed by atoms with Crippen molar-refractivity contribution < 1.29 is 4.79 Å². The SMILES string of the molecule is Cc1csc(=O)n1CCC(=O)N(Cc1ccccc1)Cc1nc2ccccc2c(=O)[nH]1. The lowest BCUT2D eigenvalue weighted by atomic mass is 10.2. The van der Waals surface area contributed by atoms with Gasteiger partial charge in [-0.25, -0.2) is 4.98 Å². The van der Waals surface area contributed by atoms with Crippen molar-refractivity contribution in [2.45, 2.75) is 33.0 Å². The van der Waals surface area contributed by atoms with Crippen LogP contribution in [0.15, 0.2) is 69.6 Å². The first-order valence-corrected chi connectivity index (χ1v) is 10.8. The third-order valence-corrected chi connectivity index (χ3v) is 5.98. The number of nitrogens with zero attached hydrogens (tertiary/aromatic N) is 3. The summed E-state index contributed by atoms with van der Waals surface area (Å²) in [6.07, 6.45) is 0.183. The number of nitrogens with one attached hydrogen (secondary N) is 1. The molecule has 0 aliphatic rings. The van der Waals surface area contributed by atoms with Crippen LogP contribution in [0.1, 0.15) is 23.5 Å². The van der Waals surface area contributed by atoms with Crippen LogP contribution in [-0.2, 0) is 24.4 Å². The number of H-pyrrole nitrogens is 1. The van der Waals surface area contributed by atoms with Gasteiger partial charge in [-0.3, -0.25) is 14.4 Å². The summed E-state index contributed by atoms with van der Waals surface area (Å²) in [6.45, 7) is 2.73. The number of para-hydroxylation sites is 1. The van der Waals surface area contributed by atoms with Crippen molar-refractivity contribution in [2.75, 3.05) is 0 Å². The van der Waals surface area contributed by atoms with Gasteiger partial charge in [0.25, 0.3) is 5.56 Å². The monoisotopic (exact) mass is 434 g/mol. The number of carbonyl (C=O) groups excluding carboxylic acids is 1. The zero-order valence-corrected chi connectivity index (χ0v) is 17.9. The first-order chi connectivity index (χ1) is 15.0. The average Bonchev–Trinajstić information content (AvgIpc) is 3.09. The Balaban J connectivity index is 1.59. The lowest BCUT2D eigenvalue weighted by molar-refractivity contribution is -0.132. The molecule has 0 spiro atoms. The molecular weight excluding hydrogens is 412 g/mol. The van der Waals surface area contributed by atoms with Crippen LogP contribution < -0.4 is 10.4 Å². The Kier molecular flexibility index (Phi) is 6.08. The largest absolute Gasteiger partial charge is 0.331 e. The van der Waals surface area contributed by atoms with Gasteiger partial charge in [0.05, 0.1) is 17.4 Å². The third kappa shape index (κ3) is 4.80. The Labute approximate surface area is 182 Å². The van der Waals surface area contributed by atoms with Crippen molar-refractivity contribution in [1.82, 2.24) is 19.4 Å². The van der Waals surface area contributed by atoms with E-state index in [1.54, 1.807) is 33.0 Å². The predicted octanol–water partition coefficient (Wildman–Crippen LogP) is 3.07. The number of aromatic amines is 1. The summed E-state index contributed by atoms with van der Waals surface area (Å²) in [4.78, 5) is 46.4. The van der Waals surface area contributed by atoms with E-state index in [9.17, 15) is 14.4 Å². The fraction of sp³-hybridized carbons (Fsp3) is 0.217. The standard InChI is InChI=1S/C23H22N4O3S/c1-16-15-31-23(30)27(16)12-11-21(28)26(13-17-7-3-2-4-8-17)14-20-24-19-10-6-5-9-18(19)22(29)25-20/h2-10,15H,11-14H2,1H3,(H,24,25,29). The summed E-state index contributed by atoms with van der Waals surface area (Å²) < 4.78 is 1.61. The van der Waals surface area contributed by atoms with Gasteiger partial charge in [0.1, 0.15) is 5.82 Å². The second-order valence-corrected chi connectivity index (χ2v) is 8.13. The fourth-order valence-electron chi connectivity index (χ4n) is 3.47. The zero-order valence-electron chi connectivity index (χ0n) is 17.1. The molecule has 4 rings (SSSR count). The van der Waals surface area contributed by atoms with E-state index in [0.29, 0.717) is 29.8 Å². The summed E-state index contributed by atoms with van der Waals surface area (Å²) in [5, 5.41) is 2.30. The number of benzene rings is 2. The van der Waals surface area contributed by atoms with Crippen LogP contribution in [0.25, 0.3) is 10.9 Å². The summed E-state index contributed by atoms with van der Waals surface area (Å²) in [5.41, 5.74) is 2.18. The number of hydrogen-bond donors (Lipinski definition) is 1. The molecule has 0 unspecified atom stereocenters. The van der Waals surface area contributed by atoms with E-state index in [1.807, 2.05) is 43.3 Å². The second-order valence-electron chi connectivity index (χ2n) is 7.31. The lowest BCUT2D eigenvalue weighted by Gasteiger charge is -2.23. The van der Waals surface area contributed by atoms with E-state index in [0.717, 1.165) is 22.6 Å². The van der Waals surface area contributed by atoms with Crippen LogP contribution in [0.3, 0.4) is 0 Å². The highest BCUT2D eigenvalue weighted by molar-refractivity contribution is 7.07. The molecule has 2 heterocycles. The molecule has 7 nitrogen and oxygen atoms in total. The number of thiazole rings is 1. The highest BCUT2D eigenvalue weighted by Crippen LogP contribution is 2.12. The smallest absolute Gasteiger partial charge is 0.307 e. The van der Waals surface area contributed by atoms with Gasteiger partial charge in [-0.15, -0.1) is 0 Å². The maximum absolute atomic E-state index is 13.1. The summed E-state index contributed by atoms with van der Waals surface area (Å²) >= 11 is 1.13. The van der Waals surface area contributed by atoms with Crippen LogP contribution in [-0.4, -0.2) is 25.3 Å². The van der Waals surface area contributed by atoms with Crippen molar-refractivity contribution in [2.24, 2.45) is 0 Å². The lowest BCUT2D eigenvalue weighted by Crippen LogP contribution is -2.33. The van der Waals surface area contributed by atoms with Crippen molar-refractivity contribution >= 4 is 28.1 Å². The minimum absolute atomic E-state index is 0.0690. The molecule has 0 atom stereocenters. The van der Waals surface area contributed by atoms with Gasteiger partial charge in [0, 0.05) is 30.6 Å². The number of aromatic nitrogens is 3. The first-order valence-electron chi connectivity index (χ1n) is 9.96. The molecule has 0 aliphatic heterocycles. The molecule has 0 radical (unpaired) electrons. The molecule has 2 aromatic carbocycles. The maximum Gasteiger partial charge on any atom is 0.307 e. The quantitative estimate of drug-likeness (QED) is 0.484. The van der Waals surface area contributed by atoms with E-state index >= 15 is 0 Å². The van der Waals surface area contributed by atoms with Gasteiger partial charge in [-0.1, -0.05) is 53.8 Å². The Bertz CT molecular complexity index is 1320. The van der Waals surface area contributed by atoms with Gasteiger partial charge < -0.3 is 14.5 Å². The number of hydrogen-bond acceptors (Lipinski definition) is 5. The molecule has 0 bridgehead atoms. The van der Waals surface area contributed by atoms with E-state index in [1.165, 1.54) is 0 Å². The summed E-state index contributed by atoms with van der Waals surface area (Å²) in [6, 6.07) is 16.8. The topological polar surface area (TPSA) is 88.1 Å². The Morgan fingerprint density at radius 1 is 1.06 bits per heavy atom. The van der Waals surface area contributed by atoms with Gasteiger partial charge in [0.15, 0.2) is 0 Å². The second kappa shape index (κ2) is 9.09. The number of fused-ring (bicyclic) bond motifs is 1. The van der Waals surface area contributed by atoms with Crippen LogP contribution in [0.4, 0.5) is 0 Å². The molecule has 0 saturated heterocycles. The highest BCUT2D eigenvalue weighted by Gasteiger charge is 2.17. The van der Waals surface area contributed by atoms with Crippen LogP contribution in [0.5, 0.6) is 0 Å². The molecule has 158 valence electrons. The van der Waals surface area contributed by atoms with Gasteiger partial charge in [-0.05, 0) is 24.6 Å². The molecule has 2 aromatic heterocycles. The van der Waals surface area contributed by atoms with E-state index in [-0.39, 0.29) is 29.3 Å². The number of carbonyl (C=O) groups is 1. The minimum Gasteiger partial charge on any atom is -0.331 e. The normalized spacial score (nSPS) is 11.0. The van der Waals surface area contributed by atoms with Crippen LogP contribution in [0, 0.1) is 6.92 Å². The number of amides is 1. The van der Waals surface area contributed by atoms with Gasteiger partial charge >= 0.3 is 4.87 Å². The molecule has 31 heavy (non-hydrogen) atoms. The number of rotatable bonds is 7. The molecule has 1 N–H and O–H groups in total. The van der Waals surface area contributed by atoms with Crippen LogP contribution in [0.2, 0.25) is 0 Å². The average molecular weight is 435 g/mol. The van der Waals surface area contributed by atoms with Crippen molar-refractivity contribution in [3.63, 3.8) is 0 Å². The molecule has 4 aromatic rings. The van der Waals surface area contributed by atoms with Gasteiger partial charge in [-0.2, -0.15) is 0 Å². The molecule has 0 aliphatic carbocycles. The van der Waals surface area contributed by atoms with E-state index in [2.05, 4.69) is 9.97 Å². The zero-order chi connectivity index (χ0) is 21.8. The minimum atomic E-state index is -0.229. The van der Waals surface area contributed by atoms with E-state index < -0.39 is 0 Å².